The molecule has 33 heavy (non-hydrogen) atoms. The molecule has 2 aliphatic rings. The van der Waals surface area contributed by atoms with Crippen LogP contribution in [0.25, 0.3) is 0 Å². The summed E-state index contributed by atoms with van der Waals surface area (Å²) in [6.07, 6.45) is 0. The van der Waals surface area contributed by atoms with Gasteiger partial charge in [-0.25, -0.2) is 9.80 Å². The number of amides is 4. The van der Waals surface area contributed by atoms with Crippen LogP contribution in [0.1, 0.15) is 17.0 Å². The maximum Gasteiger partial charge on any atom is 0.333 e. The maximum atomic E-state index is 14.0. The molecule has 0 saturated carbocycles. The predicted octanol–water partition coefficient (Wildman–Crippen LogP) is 3.48. The van der Waals surface area contributed by atoms with E-state index in [0.717, 1.165) is 20.9 Å². The van der Waals surface area contributed by atoms with E-state index in [1.165, 1.54) is 19.1 Å². The van der Waals surface area contributed by atoms with Crippen LogP contribution in [0.4, 0.5) is 10.5 Å². The Bertz CT molecular complexity index is 1230. The molecule has 5 rings (SSSR count). The summed E-state index contributed by atoms with van der Waals surface area (Å²) in [7, 11) is 2.81. The highest BCUT2D eigenvalue weighted by atomic mass is 16.2. The highest BCUT2D eigenvalue weighted by Gasteiger charge is 2.68. The van der Waals surface area contributed by atoms with Gasteiger partial charge in [0, 0.05) is 14.1 Å². The molecule has 0 bridgehead atoms. The molecule has 7 nitrogen and oxygen atoms in total. The van der Waals surface area contributed by atoms with Crippen molar-refractivity contribution in [2.75, 3.05) is 19.1 Å². The Kier molecular flexibility index (Phi) is 4.82. The van der Waals surface area contributed by atoms with E-state index in [1.807, 2.05) is 78.9 Å². The second-order valence-electron chi connectivity index (χ2n) is 8.12. The van der Waals surface area contributed by atoms with Gasteiger partial charge in [0.25, 0.3) is 11.8 Å². The van der Waals surface area contributed by atoms with Crippen molar-refractivity contribution in [3.05, 3.63) is 102 Å². The van der Waals surface area contributed by atoms with E-state index in [9.17, 15) is 14.4 Å². The number of nitrogens with zero attached hydrogens (tertiary/aromatic N) is 4. The Morgan fingerprint density at radius 2 is 1.18 bits per heavy atom. The molecule has 0 aromatic heterocycles. The lowest BCUT2D eigenvalue weighted by atomic mass is 9.72. The molecule has 2 heterocycles. The second kappa shape index (κ2) is 7.70. The van der Waals surface area contributed by atoms with Crippen molar-refractivity contribution in [1.82, 2.24) is 9.80 Å². The number of barbiturate groups is 1. The third-order valence-electron chi connectivity index (χ3n) is 6.27. The lowest BCUT2D eigenvalue weighted by molar-refractivity contribution is -0.150. The number of hydrazone groups is 1. The van der Waals surface area contributed by atoms with Crippen molar-refractivity contribution in [2.24, 2.45) is 5.10 Å². The molecule has 1 saturated heterocycles. The molecule has 1 spiro atoms. The van der Waals surface area contributed by atoms with Crippen molar-refractivity contribution in [1.29, 1.82) is 0 Å². The van der Waals surface area contributed by atoms with Crippen LogP contribution in [0.5, 0.6) is 0 Å². The first-order valence-corrected chi connectivity index (χ1v) is 10.6. The summed E-state index contributed by atoms with van der Waals surface area (Å²) < 4.78 is 0. The molecule has 0 N–H and O–H groups in total. The number of rotatable bonds is 3. The molecule has 4 amide bonds. The summed E-state index contributed by atoms with van der Waals surface area (Å²) in [5.41, 5.74) is 0.944. The number of carbonyl (C=O) groups excluding carboxylic acids is 3. The van der Waals surface area contributed by atoms with Gasteiger partial charge in [0.1, 0.15) is 0 Å². The topological polar surface area (TPSA) is 73.3 Å². The lowest BCUT2D eigenvalue weighted by Crippen LogP contribution is -2.73. The smallest absolute Gasteiger partial charge is 0.271 e. The SMILES string of the molecule is CN1C(=O)N(C)C(=O)C2(C1=O)C(c1ccccc1)C(c1ccccc1)=NN2c1ccccc1. The van der Waals surface area contributed by atoms with E-state index in [0.29, 0.717) is 11.4 Å². The minimum absolute atomic E-state index is 0.585. The molecule has 1 unspecified atom stereocenters. The Labute approximate surface area is 191 Å². The first-order valence-electron chi connectivity index (χ1n) is 10.6. The van der Waals surface area contributed by atoms with Crippen molar-refractivity contribution >= 4 is 29.2 Å². The molecule has 3 aromatic rings. The van der Waals surface area contributed by atoms with Crippen molar-refractivity contribution in [2.45, 2.75) is 11.5 Å². The Hall–Kier alpha value is -4.26. The normalized spacial score (nSPS) is 19.9. The van der Waals surface area contributed by atoms with E-state index in [1.54, 1.807) is 12.1 Å². The van der Waals surface area contributed by atoms with Gasteiger partial charge in [-0.2, -0.15) is 5.10 Å². The Morgan fingerprint density at radius 1 is 0.697 bits per heavy atom. The lowest BCUT2D eigenvalue weighted by Gasteiger charge is -2.46. The number of hydrogen-bond donors (Lipinski definition) is 0. The van der Waals surface area contributed by atoms with Gasteiger partial charge >= 0.3 is 6.03 Å². The van der Waals surface area contributed by atoms with Gasteiger partial charge in [-0.3, -0.25) is 19.4 Å². The average molecular weight is 438 g/mol. The standard InChI is InChI=1S/C26H22N4O3/c1-28-23(31)26(24(32)29(2)25(28)33)21(18-12-6-3-7-13-18)22(19-14-8-4-9-15-19)27-30(26)20-16-10-5-11-17-20/h3-17,21H,1-2H3. The number of para-hydroxylation sites is 1. The number of urea groups is 1. The van der Waals surface area contributed by atoms with Crippen LogP contribution in [0.2, 0.25) is 0 Å². The quantitative estimate of drug-likeness (QED) is 0.587. The molecule has 7 heteroatoms. The van der Waals surface area contributed by atoms with Gasteiger partial charge in [0.15, 0.2) is 0 Å². The third-order valence-corrected chi connectivity index (χ3v) is 6.27. The fourth-order valence-corrected chi connectivity index (χ4v) is 4.70. The second-order valence-corrected chi connectivity index (χ2v) is 8.12. The van der Waals surface area contributed by atoms with E-state index in [4.69, 9.17) is 5.10 Å². The Balaban J connectivity index is 1.85. The zero-order chi connectivity index (χ0) is 23.2. The average Bonchev–Trinajstić information content (AvgIpc) is 3.24. The summed E-state index contributed by atoms with van der Waals surface area (Å²) in [5.74, 6) is -1.95. The molecule has 3 aromatic carbocycles. The molecular weight excluding hydrogens is 416 g/mol. The molecule has 0 radical (unpaired) electrons. The number of anilines is 1. The van der Waals surface area contributed by atoms with Gasteiger partial charge in [0.2, 0.25) is 5.54 Å². The number of benzene rings is 3. The van der Waals surface area contributed by atoms with Gasteiger partial charge in [-0.15, -0.1) is 0 Å². The van der Waals surface area contributed by atoms with Crippen molar-refractivity contribution in [3.8, 4) is 0 Å². The molecule has 1 atom stereocenters. The summed E-state index contributed by atoms with van der Waals surface area (Å²) in [4.78, 5) is 42.7. The minimum atomic E-state index is -1.79. The van der Waals surface area contributed by atoms with Crippen LogP contribution in [0, 0.1) is 0 Å². The van der Waals surface area contributed by atoms with Gasteiger partial charge < -0.3 is 0 Å². The van der Waals surface area contributed by atoms with Gasteiger partial charge in [0.05, 0.1) is 17.3 Å². The minimum Gasteiger partial charge on any atom is -0.271 e. The van der Waals surface area contributed by atoms with Crippen LogP contribution in [-0.4, -0.2) is 53.0 Å². The molecule has 1 fully saturated rings. The zero-order valence-corrected chi connectivity index (χ0v) is 18.3. The largest absolute Gasteiger partial charge is 0.333 e. The summed E-state index contributed by atoms with van der Waals surface area (Å²) in [5, 5.41) is 6.40. The fraction of sp³-hybridized carbons (Fsp3) is 0.154. The summed E-state index contributed by atoms with van der Waals surface area (Å²) in [6, 6.07) is 27.3. The van der Waals surface area contributed by atoms with E-state index in [-0.39, 0.29) is 0 Å². The number of likely N-dealkylation sites (N-methyl/N-ethyl adjacent to an activating group) is 2. The van der Waals surface area contributed by atoms with Crippen molar-refractivity contribution in [3.63, 3.8) is 0 Å². The van der Waals surface area contributed by atoms with Crippen molar-refractivity contribution < 1.29 is 14.4 Å². The van der Waals surface area contributed by atoms with Gasteiger partial charge in [-0.05, 0) is 23.3 Å². The van der Waals surface area contributed by atoms with Crippen LogP contribution < -0.4 is 5.01 Å². The summed E-state index contributed by atoms with van der Waals surface area (Å²) >= 11 is 0. The van der Waals surface area contributed by atoms with Crippen LogP contribution >= 0.6 is 0 Å². The number of hydrogen-bond acceptors (Lipinski definition) is 5. The van der Waals surface area contributed by atoms with E-state index in [2.05, 4.69) is 0 Å². The molecule has 2 aliphatic heterocycles. The van der Waals surface area contributed by atoms with E-state index < -0.39 is 29.3 Å². The van der Waals surface area contributed by atoms with Gasteiger partial charge in [-0.1, -0.05) is 78.9 Å². The predicted molar refractivity (Wildman–Crippen MR) is 125 cm³/mol. The first kappa shape index (κ1) is 20.6. The first-order chi connectivity index (χ1) is 16.0. The molecule has 164 valence electrons. The molecule has 0 aliphatic carbocycles. The van der Waals surface area contributed by atoms with Crippen LogP contribution in [0.15, 0.2) is 96.1 Å². The Morgan fingerprint density at radius 3 is 1.73 bits per heavy atom. The molecular formula is C26H22N4O3. The van der Waals surface area contributed by atoms with Crippen LogP contribution in [-0.2, 0) is 9.59 Å². The van der Waals surface area contributed by atoms with Crippen LogP contribution in [0.3, 0.4) is 0 Å². The highest BCUT2D eigenvalue weighted by molar-refractivity contribution is 6.30. The monoisotopic (exact) mass is 438 g/mol. The number of imide groups is 2. The zero-order valence-electron chi connectivity index (χ0n) is 18.3. The van der Waals surface area contributed by atoms with E-state index >= 15 is 0 Å². The fourth-order valence-electron chi connectivity index (χ4n) is 4.70. The number of carbonyl (C=O) groups is 3. The highest BCUT2D eigenvalue weighted by Crippen LogP contribution is 2.48. The summed E-state index contributed by atoms with van der Waals surface area (Å²) in [6.45, 7) is 0. The third kappa shape index (κ3) is 2.89. The maximum absolute atomic E-state index is 14.0.